The van der Waals surface area contributed by atoms with E-state index in [-0.39, 0.29) is 5.91 Å². The van der Waals surface area contributed by atoms with E-state index in [1.165, 1.54) is 30.4 Å². The summed E-state index contributed by atoms with van der Waals surface area (Å²) < 4.78 is 0. The topological polar surface area (TPSA) is 29.1 Å². The maximum Gasteiger partial charge on any atom is 0.219 e. The van der Waals surface area contributed by atoms with Gasteiger partial charge in [-0.2, -0.15) is 0 Å². The molecule has 0 aromatic heterocycles. The maximum atomic E-state index is 12.0. The Morgan fingerprint density at radius 1 is 0.840 bits per heavy atom. The molecule has 0 spiro atoms. The van der Waals surface area contributed by atoms with E-state index in [0.717, 1.165) is 25.8 Å². The van der Waals surface area contributed by atoms with Crippen LogP contribution in [0.25, 0.3) is 0 Å². The number of rotatable bonds is 11. The summed E-state index contributed by atoms with van der Waals surface area (Å²) in [5, 5.41) is 3.10. The zero-order valence-electron chi connectivity index (χ0n) is 15.4. The first-order chi connectivity index (χ1) is 12.3. The van der Waals surface area contributed by atoms with E-state index in [0.29, 0.717) is 12.3 Å². The van der Waals surface area contributed by atoms with E-state index in [9.17, 15) is 4.79 Å². The SMILES string of the molecule is CCCCCCCC(=O)NCCC(c1ccccc1)c1ccccc1. The van der Waals surface area contributed by atoms with E-state index in [4.69, 9.17) is 0 Å². The average molecular weight is 338 g/mol. The molecule has 0 atom stereocenters. The molecule has 2 nitrogen and oxygen atoms in total. The molecule has 0 aliphatic heterocycles. The number of benzene rings is 2. The van der Waals surface area contributed by atoms with Gasteiger partial charge in [0, 0.05) is 18.9 Å². The lowest BCUT2D eigenvalue weighted by molar-refractivity contribution is -0.121. The van der Waals surface area contributed by atoms with Crippen molar-refractivity contribution in [3.8, 4) is 0 Å². The van der Waals surface area contributed by atoms with Gasteiger partial charge in [0.15, 0.2) is 0 Å². The molecule has 1 amide bonds. The summed E-state index contributed by atoms with van der Waals surface area (Å²) in [6.07, 6.45) is 7.52. The number of nitrogens with one attached hydrogen (secondary N) is 1. The molecule has 2 aromatic rings. The van der Waals surface area contributed by atoms with Crippen LogP contribution >= 0.6 is 0 Å². The van der Waals surface area contributed by atoms with Crippen molar-refractivity contribution < 1.29 is 4.79 Å². The van der Waals surface area contributed by atoms with Gasteiger partial charge in [0.1, 0.15) is 0 Å². The second kappa shape index (κ2) is 11.5. The van der Waals surface area contributed by atoms with Crippen LogP contribution in [0.4, 0.5) is 0 Å². The second-order valence-corrected chi connectivity index (χ2v) is 6.68. The third-order valence-electron chi connectivity index (χ3n) is 4.67. The van der Waals surface area contributed by atoms with Crippen molar-refractivity contribution in [2.75, 3.05) is 6.54 Å². The maximum absolute atomic E-state index is 12.0. The fourth-order valence-corrected chi connectivity index (χ4v) is 3.23. The van der Waals surface area contributed by atoms with Crippen molar-refractivity contribution in [1.82, 2.24) is 5.32 Å². The quantitative estimate of drug-likeness (QED) is 0.525. The lowest BCUT2D eigenvalue weighted by Crippen LogP contribution is -2.25. The van der Waals surface area contributed by atoms with Crippen LogP contribution < -0.4 is 5.32 Å². The van der Waals surface area contributed by atoms with Crippen LogP contribution in [0.5, 0.6) is 0 Å². The summed E-state index contributed by atoms with van der Waals surface area (Å²) in [5.41, 5.74) is 2.62. The van der Waals surface area contributed by atoms with Crippen LogP contribution in [-0.4, -0.2) is 12.5 Å². The van der Waals surface area contributed by atoms with Crippen LogP contribution in [0, 0.1) is 0 Å². The zero-order valence-corrected chi connectivity index (χ0v) is 15.4. The van der Waals surface area contributed by atoms with Crippen molar-refractivity contribution in [1.29, 1.82) is 0 Å². The number of carbonyl (C=O) groups excluding carboxylic acids is 1. The molecule has 25 heavy (non-hydrogen) atoms. The molecule has 134 valence electrons. The van der Waals surface area contributed by atoms with Gasteiger partial charge in [-0.15, -0.1) is 0 Å². The van der Waals surface area contributed by atoms with Crippen LogP contribution in [-0.2, 0) is 4.79 Å². The largest absolute Gasteiger partial charge is 0.356 e. The Hall–Kier alpha value is -2.09. The highest BCUT2D eigenvalue weighted by atomic mass is 16.1. The number of unbranched alkanes of at least 4 members (excludes halogenated alkanes) is 4. The van der Waals surface area contributed by atoms with Gasteiger partial charge in [0.2, 0.25) is 5.91 Å². The van der Waals surface area contributed by atoms with E-state index in [1.807, 2.05) is 12.1 Å². The Morgan fingerprint density at radius 3 is 1.96 bits per heavy atom. The highest BCUT2D eigenvalue weighted by Gasteiger charge is 2.14. The van der Waals surface area contributed by atoms with Crippen LogP contribution in [0.15, 0.2) is 60.7 Å². The zero-order chi connectivity index (χ0) is 17.7. The normalized spacial score (nSPS) is 10.8. The average Bonchev–Trinajstić information content (AvgIpc) is 2.66. The number of carbonyl (C=O) groups is 1. The standard InChI is InChI=1S/C23H31NO/c1-2-3-4-5-12-17-23(25)24-19-18-22(20-13-8-6-9-14-20)21-15-10-7-11-16-21/h6-11,13-16,22H,2-5,12,17-19H2,1H3,(H,24,25). The summed E-state index contributed by atoms with van der Waals surface area (Å²) in [5.74, 6) is 0.517. The Bertz CT molecular complexity index is 555. The molecular formula is C23H31NO. The third-order valence-corrected chi connectivity index (χ3v) is 4.67. The monoisotopic (exact) mass is 337 g/mol. The second-order valence-electron chi connectivity index (χ2n) is 6.68. The Balaban J connectivity index is 1.81. The van der Waals surface area contributed by atoms with Gasteiger partial charge in [0.05, 0.1) is 0 Å². The van der Waals surface area contributed by atoms with Crippen molar-refractivity contribution >= 4 is 5.91 Å². The lowest BCUT2D eigenvalue weighted by Gasteiger charge is -2.18. The van der Waals surface area contributed by atoms with Gasteiger partial charge in [-0.25, -0.2) is 0 Å². The van der Waals surface area contributed by atoms with Gasteiger partial charge >= 0.3 is 0 Å². The number of hydrogen-bond donors (Lipinski definition) is 1. The predicted octanol–water partition coefficient (Wildman–Crippen LogP) is 5.69. The van der Waals surface area contributed by atoms with E-state index >= 15 is 0 Å². The Labute approximate surface area is 152 Å². The number of hydrogen-bond acceptors (Lipinski definition) is 1. The van der Waals surface area contributed by atoms with Crippen molar-refractivity contribution in [3.63, 3.8) is 0 Å². The first kappa shape index (κ1) is 19.2. The summed E-state index contributed by atoms with van der Waals surface area (Å²) >= 11 is 0. The number of amides is 1. The predicted molar refractivity (Wildman–Crippen MR) is 106 cm³/mol. The molecule has 0 saturated carbocycles. The van der Waals surface area contributed by atoms with Gasteiger partial charge in [-0.3, -0.25) is 4.79 Å². The fourth-order valence-electron chi connectivity index (χ4n) is 3.23. The van der Waals surface area contributed by atoms with E-state index in [2.05, 4.69) is 60.8 Å². The first-order valence-corrected chi connectivity index (χ1v) is 9.68. The minimum atomic E-state index is 0.191. The molecule has 2 heteroatoms. The van der Waals surface area contributed by atoms with Crippen LogP contribution in [0.1, 0.15) is 68.9 Å². The van der Waals surface area contributed by atoms with E-state index < -0.39 is 0 Å². The summed E-state index contributed by atoms with van der Waals surface area (Å²) in [6.45, 7) is 2.94. The molecule has 0 unspecified atom stereocenters. The van der Waals surface area contributed by atoms with Gasteiger partial charge < -0.3 is 5.32 Å². The van der Waals surface area contributed by atoms with Crippen molar-refractivity contribution in [3.05, 3.63) is 71.8 Å². The molecule has 2 rings (SSSR count). The summed E-state index contributed by atoms with van der Waals surface area (Å²) in [7, 11) is 0. The van der Waals surface area contributed by atoms with Gasteiger partial charge in [-0.05, 0) is 24.0 Å². The Kier molecular flexibility index (Phi) is 8.82. The molecule has 0 radical (unpaired) electrons. The fraction of sp³-hybridized carbons (Fsp3) is 0.435. The molecular weight excluding hydrogens is 306 g/mol. The summed E-state index contributed by atoms with van der Waals surface area (Å²) in [4.78, 5) is 12.0. The molecule has 0 bridgehead atoms. The highest BCUT2D eigenvalue weighted by Crippen LogP contribution is 2.27. The summed E-state index contributed by atoms with van der Waals surface area (Å²) in [6, 6.07) is 21.1. The third kappa shape index (κ3) is 7.13. The first-order valence-electron chi connectivity index (χ1n) is 9.68. The molecule has 0 saturated heterocycles. The molecule has 0 heterocycles. The smallest absolute Gasteiger partial charge is 0.219 e. The Morgan fingerprint density at radius 2 is 1.40 bits per heavy atom. The van der Waals surface area contributed by atoms with Gasteiger partial charge in [-0.1, -0.05) is 93.3 Å². The van der Waals surface area contributed by atoms with Crippen molar-refractivity contribution in [2.24, 2.45) is 0 Å². The molecule has 0 aliphatic carbocycles. The molecule has 0 aliphatic rings. The minimum absolute atomic E-state index is 0.191. The molecule has 1 N–H and O–H groups in total. The minimum Gasteiger partial charge on any atom is -0.356 e. The highest BCUT2D eigenvalue weighted by molar-refractivity contribution is 5.75. The molecule has 0 fully saturated rings. The van der Waals surface area contributed by atoms with E-state index in [1.54, 1.807) is 0 Å². The van der Waals surface area contributed by atoms with Crippen molar-refractivity contribution in [2.45, 2.75) is 57.8 Å². The van der Waals surface area contributed by atoms with Crippen LogP contribution in [0.3, 0.4) is 0 Å². The van der Waals surface area contributed by atoms with Gasteiger partial charge in [0.25, 0.3) is 0 Å². The molecule has 2 aromatic carbocycles. The van der Waals surface area contributed by atoms with Crippen LogP contribution in [0.2, 0.25) is 0 Å². The lowest BCUT2D eigenvalue weighted by atomic mass is 9.88.